The van der Waals surface area contributed by atoms with Crippen molar-refractivity contribution in [3.8, 4) is 0 Å². The predicted molar refractivity (Wildman–Crippen MR) is 73.4 cm³/mol. The molecule has 0 aromatic rings. The molecule has 0 aromatic heterocycles. The van der Waals surface area contributed by atoms with E-state index in [9.17, 15) is 29.7 Å². The normalized spacial score (nSPS) is 10.8. The van der Waals surface area contributed by atoms with Crippen molar-refractivity contribution in [1.29, 1.82) is 0 Å². The van der Waals surface area contributed by atoms with Gasteiger partial charge in [0, 0.05) is 34.2 Å². The van der Waals surface area contributed by atoms with Crippen LogP contribution in [-0.2, 0) is 14.4 Å². The third-order valence-corrected chi connectivity index (χ3v) is 1.84. The summed E-state index contributed by atoms with van der Waals surface area (Å²) in [6, 6.07) is 0. The van der Waals surface area contributed by atoms with Crippen LogP contribution in [0.3, 0.4) is 0 Å². The van der Waals surface area contributed by atoms with Gasteiger partial charge in [0.15, 0.2) is 0 Å². The molecule has 0 heterocycles. The number of aliphatic carboxylic acids is 3. The Bertz CT molecular complexity index is 299. The van der Waals surface area contributed by atoms with Gasteiger partial charge < -0.3 is 29.7 Å². The van der Waals surface area contributed by atoms with Crippen LogP contribution in [-0.4, -0.2) is 17.9 Å². The molecule has 0 atom stereocenters. The Hall–Kier alpha value is -0.304. The summed E-state index contributed by atoms with van der Waals surface area (Å²) in [6.45, 7) is 14.4. The molecule has 0 bridgehead atoms. The van der Waals surface area contributed by atoms with Gasteiger partial charge in [-0.25, -0.2) is 0 Å². The second-order valence-corrected chi connectivity index (χ2v) is 7.61. The summed E-state index contributed by atoms with van der Waals surface area (Å²) in [5, 5.41) is 29.7. The van der Waals surface area contributed by atoms with Crippen molar-refractivity contribution in [3.63, 3.8) is 0 Å². The van der Waals surface area contributed by atoms with Gasteiger partial charge in [0.1, 0.15) is 0 Å². The average Bonchev–Trinajstić information content (AvgIpc) is 2.14. The van der Waals surface area contributed by atoms with E-state index in [2.05, 4.69) is 0 Å². The molecule has 0 N–H and O–H groups in total. The third kappa shape index (κ3) is 22.0. The SMILES string of the molecule is CC(C)(C)C(=O)[O-].CC(C)(C)C(=O)[O-].CC(C)(C)C(=O)[O-].[Tb+3]. The van der Waals surface area contributed by atoms with Gasteiger partial charge in [-0.2, -0.15) is 0 Å². The summed E-state index contributed by atoms with van der Waals surface area (Å²) in [7, 11) is 0. The Kier molecular flexibility index (Phi) is 15.2. The minimum atomic E-state index is -1.01. The van der Waals surface area contributed by atoms with Crippen LogP contribution >= 0.6 is 0 Å². The zero-order valence-electron chi connectivity index (χ0n) is 14.8. The van der Waals surface area contributed by atoms with Crippen molar-refractivity contribution in [2.24, 2.45) is 16.2 Å². The summed E-state index contributed by atoms with van der Waals surface area (Å²) < 4.78 is 0. The van der Waals surface area contributed by atoms with Crippen molar-refractivity contribution in [1.82, 2.24) is 0 Å². The Morgan fingerprint density at radius 3 is 0.545 bits per heavy atom. The van der Waals surface area contributed by atoms with Crippen molar-refractivity contribution in [3.05, 3.63) is 0 Å². The molecule has 132 valence electrons. The second kappa shape index (κ2) is 11.3. The van der Waals surface area contributed by atoms with E-state index in [4.69, 9.17) is 0 Å². The second-order valence-electron chi connectivity index (χ2n) is 7.61. The van der Waals surface area contributed by atoms with Gasteiger partial charge in [-0.05, 0) is 0 Å². The first-order valence-electron chi connectivity index (χ1n) is 6.47. The maximum Gasteiger partial charge on any atom is 3.00 e. The zero-order chi connectivity index (χ0) is 18.2. The molecule has 0 fully saturated rings. The molecule has 0 aliphatic rings. The molecule has 0 spiro atoms. The first-order chi connectivity index (χ1) is 8.83. The average molecular weight is 462 g/mol. The number of hydrogen-bond acceptors (Lipinski definition) is 6. The van der Waals surface area contributed by atoms with Gasteiger partial charge in [-0.15, -0.1) is 0 Å². The summed E-state index contributed by atoms with van der Waals surface area (Å²) in [4.78, 5) is 29.7. The van der Waals surface area contributed by atoms with Gasteiger partial charge in [-0.1, -0.05) is 62.3 Å². The molecular weight excluding hydrogens is 435 g/mol. The topological polar surface area (TPSA) is 120 Å². The first kappa shape index (κ1) is 29.7. The maximum absolute atomic E-state index is 9.91. The smallest absolute Gasteiger partial charge is 0.550 e. The summed E-state index contributed by atoms with van der Waals surface area (Å²) in [6.07, 6.45) is 0. The number of carbonyl (C=O) groups is 3. The molecule has 6 nitrogen and oxygen atoms in total. The molecule has 0 radical (unpaired) electrons. The number of hydrogen-bond donors (Lipinski definition) is 0. The maximum atomic E-state index is 9.91. The number of rotatable bonds is 0. The predicted octanol–water partition coefficient (Wildman–Crippen LogP) is -0.653. The van der Waals surface area contributed by atoms with E-state index in [-0.39, 0.29) is 38.6 Å². The number of carbonyl (C=O) groups excluding carboxylic acids is 3. The molecule has 0 aliphatic heterocycles. The van der Waals surface area contributed by atoms with Crippen LogP contribution in [0, 0.1) is 54.9 Å². The molecule has 0 amide bonds. The van der Waals surface area contributed by atoms with Crippen LogP contribution in [0.15, 0.2) is 0 Å². The van der Waals surface area contributed by atoms with E-state index in [1.165, 1.54) is 0 Å². The Labute approximate surface area is 164 Å². The van der Waals surface area contributed by atoms with Crippen molar-refractivity contribution in [2.45, 2.75) is 62.3 Å². The number of carboxylic acid groups (broad SMARTS) is 3. The zero-order valence-corrected chi connectivity index (χ0v) is 16.9. The van der Waals surface area contributed by atoms with E-state index in [0.717, 1.165) is 0 Å². The first-order valence-corrected chi connectivity index (χ1v) is 6.47. The van der Waals surface area contributed by atoms with Gasteiger partial charge in [0.2, 0.25) is 0 Å². The van der Waals surface area contributed by atoms with Crippen LogP contribution in [0.2, 0.25) is 0 Å². The molecule has 0 rings (SSSR count). The van der Waals surface area contributed by atoms with Crippen LogP contribution < -0.4 is 15.3 Å². The monoisotopic (exact) mass is 462 g/mol. The number of carboxylic acids is 3. The van der Waals surface area contributed by atoms with E-state index in [1.807, 2.05) is 0 Å². The molecule has 0 aliphatic carbocycles. The summed E-state index contributed by atoms with van der Waals surface area (Å²) in [5.74, 6) is -3.02. The Balaban J connectivity index is -0.000000108. The fourth-order valence-corrected chi connectivity index (χ4v) is 0. The van der Waals surface area contributed by atoms with Crippen LogP contribution in [0.1, 0.15) is 62.3 Å². The van der Waals surface area contributed by atoms with Crippen molar-refractivity contribution < 1.29 is 68.3 Å². The fraction of sp³-hybridized carbons (Fsp3) is 0.800. The summed E-state index contributed by atoms with van der Waals surface area (Å²) >= 11 is 0. The summed E-state index contributed by atoms with van der Waals surface area (Å²) in [5.41, 5.74) is -2.08. The van der Waals surface area contributed by atoms with Crippen LogP contribution in [0.5, 0.6) is 0 Å². The molecule has 0 saturated carbocycles. The standard InChI is InChI=1S/3C5H10O2.Tb/c3*1-5(2,3)4(6)7;/h3*1-3H3,(H,6,7);/q;;;+3/p-3. The van der Waals surface area contributed by atoms with Gasteiger partial charge >= 0.3 is 38.6 Å². The minimum absolute atomic E-state index is 0. The molecule has 0 saturated heterocycles. The molecule has 7 heteroatoms. The van der Waals surface area contributed by atoms with E-state index >= 15 is 0 Å². The molecular formula is C15H27O6Tb. The molecule has 0 aromatic carbocycles. The Morgan fingerprint density at radius 2 is 0.545 bits per heavy atom. The van der Waals surface area contributed by atoms with E-state index in [1.54, 1.807) is 62.3 Å². The van der Waals surface area contributed by atoms with Crippen LogP contribution in [0.25, 0.3) is 0 Å². The van der Waals surface area contributed by atoms with Crippen LogP contribution in [0.4, 0.5) is 0 Å². The molecule has 0 unspecified atom stereocenters. The Morgan fingerprint density at radius 1 is 0.500 bits per heavy atom. The van der Waals surface area contributed by atoms with Gasteiger partial charge in [0.05, 0.1) is 0 Å². The van der Waals surface area contributed by atoms with Crippen molar-refractivity contribution in [2.75, 3.05) is 0 Å². The minimum Gasteiger partial charge on any atom is -0.550 e. The quantitative estimate of drug-likeness (QED) is 0.472. The molecule has 22 heavy (non-hydrogen) atoms. The fourth-order valence-electron chi connectivity index (χ4n) is 0. The van der Waals surface area contributed by atoms with E-state index in [0.29, 0.717) is 0 Å². The third-order valence-electron chi connectivity index (χ3n) is 1.84. The van der Waals surface area contributed by atoms with Gasteiger partial charge in [0.25, 0.3) is 0 Å². The van der Waals surface area contributed by atoms with Crippen molar-refractivity contribution >= 4 is 17.9 Å². The van der Waals surface area contributed by atoms with Gasteiger partial charge in [-0.3, -0.25) is 0 Å². The largest absolute Gasteiger partial charge is 3.00 e. The van der Waals surface area contributed by atoms with E-state index < -0.39 is 34.2 Å².